The van der Waals surface area contributed by atoms with Crippen molar-refractivity contribution >= 4 is 28.6 Å². The van der Waals surface area contributed by atoms with E-state index in [1.165, 1.54) is 29.7 Å². The molecule has 1 amide bonds. The van der Waals surface area contributed by atoms with Gasteiger partial charge in [-0.05, 0) is 78.5 Å². The SMILES string of the molecule is CC(C(=O)N(Cc1ccsc1)C1CC12CCNCC2)c1cccs1. The van der Waals surface area contributed by atoms with E-state index in [0.717, 1.165) is 19.6 Å². The maximum Gasteiger partial charge on any atom is 0.231 e. The average Bonchev–Trinajstić information content (AvgIpc) is 3.07. The van der Waals surface area contributed by atoms with Crippen LogP contribution in [0.4, 0.5) is 0 Å². The van der Waals surface area contributed by atoms with Gasteiger partial charge in [0.2, 0.25) is 5.91 Å². The molecule has 0 aromatic carbocycles. The average molecular weight is 361 g/mol. The van der Waals surface area contributed by atoms with Crippen LogP contribution in [0.15, 0.2) is 34.3 Å². The molecule has 1 saturated carbocycles. The van der Waals surface area contributed by atoms with E-state index in [-0.39, 0.29) is 5.92 Å². The molecule has 0 bridgehead atoms. The summed E-state index contributed by atoms with van der Waals surface area (Å²) < 4.78 is 0. The summed E-state index contributed by atoms with van der Waals surface area (Å²) in [5.41, 5.74) is 1.65. The zero-order valence-corrected chi connectivity index (χ0v) is 15.7. The van der Waals surface area contributed by atoms with Crippen LogP contribution in [0.2, 0.25) is 0 Å². The van der Waals surface area contributed by atoms with Crippen LogP contribution < -0.4 is 5.32 Å². The van der Waals surface area contributed by atoms with Gasteiger partial charge in [-0.3, -0.25) is 4.79 Å². The summed E-state index contributed by atoms with van der Waals surface area (Å²) in [5.74, 6) is 0.257. The van der Waals surface area contributed by atoms with Crippen LogP contribution in [-0.2, 0) is 11.3 Å². The summed E-state index contributed by atoms with van der Waals surface area (Å²) in [7, 11) is 0. The molecule has 1 aliphatic carbocycles. The van der Waals surface area contributed by atoms with Crippen molar-refractivity contribution in [2.24, 2.45) is 5.41 Å². The third-order valence-corrected chi connectivity index (χ3v) is 7.47. The second-order valence-corrected chi connectivity index (χ2v) is 8.93. The summed E-state index contributed by atoms with van der Waals surface area (Å²) >= 11 is 3.40. The minimum absolute atomic E-state index is 0.0389. The van der Waals surface area contributed by atoms with Gasteiger partial charge in [0.25, 0.3) is 0 Å². The highest BCUT2D eigenvalue weighted by Gasteiger charge is 2.58. The minimum Gasteiger partial charge on any atom is -0.334 e. The molecule has 0 radical (unpaired) electrons. The molecule has 3 nitrogen and oxygen atoms in total. The molecule has 24 heavy (non-hydrogen) atoms. The zero-order chi connectivity index (χ0) is 16.6. The van der Waals surface area contributed by atoms with Crippen molar-refractivity contribution < 1.29 is 4.79 Å². The molecule has 5 heteroatoms. The second-order valence-electron chi connectivity index (χ2n) is 7.17. The topological polar surface area (TPSA) is 32.3 Å². The Morgan fingerprint density at radius 1 is 1.38 bits per heavy atom. The number of amides is 1. The molecule has 2 atom stereocenters. The van der Waals surface area contributed by atoms with E-state index in [2.05, 4.69) is 45.4 Å². The van der Waals surface area contributed by atoms with E-state index < -0.39 is 0 Å². The summed E-state index contributed by atoms with van der Waals surface area (Å²) in [6, 6.07) is 6.70. The predicted octanol–water partition coefficient (Wildman–Crippen LogP) is 4.08. The summed E-state index contributed by atoms with van der Waals surface area (Å²) in [5, 5.41) is 9.80. The number of hydrogen-bond donors (Lipinski definition) is 1. The number of nitrogens with zero attached hydrogens (tertiary/aromatic N) is 1. The van der Waals surface area contributed by atoms with E-state index >= 15 is 0 Å². The Balaban J connectivity index is 1.55. The Morgan fingerprint density at radius 3 is 2.88 bits per heavy atom. The standard InChI is InChI=1S/C19H24N2OS2/c1-14(16-3-2-9-24-16)18(22)21(12-15-4-10-23-13-15)17-11-19(17)5-7-20-8-6-19/h2-4,9-10,13-14,17,20H,5-8,11-12H2,1H3. The number of hydrogen-bond acceptors (Lipinski definition) is 4. The molecule has 4 rings (SSSR count). The first-order chi connectivity index (χ1) is 11.7. The highest BCUT2D eigenvalue weighted by atomic mass is 32.1. The molecule has 2 unspecified atom stereocenters. The Labute approximate surface area is 151 Å². The van der Waals surface area contributed by atoms with Gasteiger partial charge < -0.3 is 10.2 Å². The first-order valence-corrected chi connectivity index (χ1v) is 10.6. The zero-order valence-electron chi connectivity index (χ0n) is 14.0. The molecule has 2 fully saturated rings. The Kier molecular flexibility index (Phi) is 4.50. The molecular formula is C19H24N2OS2. The Morgan fingerprint density at radius 2 is 2.21 bits per heavy atom. The number of carbonyl (C=O) groups is 1. The lowest BCUT2D eigenvalue weighted by Crippen LogP contribution is -2.40. The normalized spacial score (nSPS) is 23.1. The van der Waals surface area contributed by atoms with E-state index in [1.54, 1.807) is 22.7 Å². The van der Waals surface area contributed by atoms with Crippen molar-refractivity contribution in [3.8, 4) is 0 Å². The van der Waals surface area contributed by atoms with E-state index in [0.29, 0.717) is 17.4 Å². The van der Waals surface area contributed by atoms with Gasteiger partial charge >= 0.3 is 0 Å². The number of thiophene rings is 2. The quantitative estimate of drug-likeness (QED) is 0.871. The molecule has 2 aromatic rings. The molecule has 1 saturated heterocycles. The minimum atomic E-state index is -0.0389. The molecular weight excluding hydrogens is 336 g/mol. The largest absolute Gasteiger partial charge is 0.334 e. The molecule has 1 N–H and O–H groups in total. The van der Waals surface area contributed by atoms with E-state index in [1.807, 2.05) is 6.07 Å². The van der Waals surface area contributed by atoms with Crippen molar-refractivity contribution in [3.05, 3.63) is 44.8 Å². The van der Waals surface area contributed by atoms with Gasteiger partial charge in [-0.15, -0.1) is 11.3 Å². The highest BCUT2D eigenvalue weighted by Crippen LogP contribution is 2.56. The van der Waals surface area contributed by atoms with Gasteiger partial charge in [-0.1, -0.05) is 6.07 Å². The summed E-state index contributed by atoms with van der Waals surface area (Å²) in [6.45, 7) is 5.01. The lowest BCUT2D eigenvalue weighted by molar-refractivity contribution is -0.134. The van der Waals surface area contributed by atoms with Gasteiger partial charge in [0.15, 0.2) is 0 Å². The fourth-order valence-corrected chi connectivity index (χ4v) is 5.49. The van der Waals surface area contributed by atoms with Crippen LogP contribution in [0.5, 0.6) is 0 Å². The third kappa shape index (κ3) is 3.05. The molecule has 128 valence electrons. The van der Waals surface area contributed by atoms with Crippen LogP contribution in [0.3, 0.4) is 0 Å². The number of carbonyl (C=O) groups excluding carboxylic acids is 1. The Hall–Kier alpha value is -1.17. The van der Waals surface area contributed by atoms with Crippen molar-refractivity contribution in [2.45, 2.75) is 44.7 Å². The molecule has 2 aliphatic rings. The maximum absolute atomic E-state index is 13.3. The highest BCUT2D eigenvalue weighted by molar-refractivity contribution is 7.10. The van der Waals surface area contributed by atoms with Gasteiger partial charge in [-0.2, -0.15) is 11.3 Å². The monoisotopic (exact) mass is 360 g/mol. The van der Waals surface area contributed by atoms with Crippen molar-refractivity contribution in [1.29, 1.82) is 0 Å². The van der Waals surface area contributed by atoms with Gasteiger partial charge in [-0.25, -0.2) is 0 Å². The second kappa shape index (κ2) is 6.62. The fourth-order valence-electron chi connectivity index (χ4n) is 4.06. The van der Waals surface area contributed by atoms with Gasteiger partial charge in [0.1, 0.15) is 0 Å². The molecule has 2 aromatic heterocycles. The molecule has 1 aliphatic heterocycles. The lowest BCUT2D eigenvalue weighted by atomic mass is 9.93. The maximum atomic E-state index is 13.3. The predicted molar refractivity (Wildman–Crippen MR) is 101 cm³/mol. The lowest BCUT2D eigenvalue weighted by Gasteiger charge is -2.31. The van der Waals surface area contributed by atoms with Gasteiger partial charge in [0.05, 0.1) is 5.92 Å². The van der Waals surface area contributed by atoms with Crippen LogP contribution >= 0.6 is 22.7 Å². The Bertz CT molecular complexity index is 674. The van der Waals surface area contributed by atoms with Gasteiger partial charge in [0, 0.05) is 17.5 Å². The van der Waals surface area contributed by atoms with Crippen molar-refractivity contribution in [3.63, 3.8) is 0 Å². The first-order valence-electron chi connectivity index (χ1n) is 8.75. The third-order valence-electron chi connectivity index (χ3n) is 5.68. The van der Waals surface area contributed by atoms with Crippen LogP contribution in [0, 0.1) is 5.41 Å². The molecule has 3 heterocycles. The summed E-state index contributed by atoms with van der Waals surface area (Å²) in [6.07, 6.45) is 3.60. The van der Waals surface area contributed by atoms with Crippen LogP contribution in [0.25, 0.3) is 0 Å². The molecule has 1 spiro atoms. The van der Waals surface area contributed by atoms with Crippen LogP contribution in [-0.4, -0.2) is 29.9 Å². The number of rotatable bonds is 5. The van der Waals surface area contributed by atoms with E-state index in [9.17, 15) is 4.79 Å². The fraction of sp³-hybridized carbons (Fsp3) is 0.526. The van der Waals surface area contributed by atoms with Crippen LogP contribution in [0.1, 0.15) is 42.5 Å². The van der Waals surface area contributed by atoms with Crippen molar-refractivity contribution in [2.75, 3.05) is 13.1 Å². The van der Waals surface area contributed by atoms with Crippen molar-refractivity contribution in [1.82, 2.24) is 10.2 Å². The van der Waals surface area contributed by atoms with E-state index in [4.69, 9.17) is 0 Å². The first kappa shape index (κ1) is 16.3. The summed E-state index contributed by atoms with van der Waals surface area (Å²) in [4.78, 5) is 16.7. The number of piperidine rings is 1. The smallest absolute Gasteiger partial charge is 0.231 e. The number of nitrogens with one attached hydrogen (secondary N) is 1.